The fourth-order valence-electron chi connectivity index (χ4n) is 1.74. The Morgan fingerprint density at radius 1 is 0.750 bits per heavy atom. The lowest BCUT2D eigenvalue weighted by atomic mass is 10.1. The van der Waals surface area contributed by atoms with Crippen LogP contribution in [0, 0.1) is 0 Å². The molecule has 3 aliphatic rings. The fraction of sp³-hybridized carbons (Fsp3) is 1.00. The molecule has 6 heteroatoms. The number of hydrogen-bond acceptors (Lipinski definition) is 4. The normalized spacial score (nSPS) is 33.4. The summed E-state index contributed by atoms with van der Waals surface area (Å²) in [6, 6.07) is 0. The molecule has 3 rings (SSSR count). The molecule has 0 amide bonds. The number of hydrogen-bond donors (Lipinski definition) is 0. The third-order valence-corrected chi connectivity index (χ3v) is 8.70. The molecule has 0 spiro atoms. The predicted octanol–water partition coefficient (Wildman–Crippen LogP) is 3.70. The summed E-state index contributed by atoms with van der Waals surface area (Å²) in [5.74, 6) is 0. The van der Waals surface area contributed by atoms with Gasteiger partial charge in [-0.1, -0.05) is 0 Å². The van der Waals surface area contributed by atoms with Crippen molar-refractivity contribution in [2.75, 3.05) is 13.2 Å². The van der Waals surface area contributed by atoms with Gasteiger partial charge in [0.05, 0.1) is 13.2 Å². The Labute approximate surface area is 101 Å². The van der Waals surface area contributed by atoms with E-state index in [9.17, 15) is 0 Å². The zero-order chi connectivity index (χ0) is 12.1. The van der Waals surface area contributed by atoms with Gasteiger partial charge in [0.2, 0.25) is 16.9 Å². The molecule has 4 nitrogen and oxygen atoms in total. The highest BCUT2D eigenvalue weighted by Gasteiger charge is 2.59. The van der Waals surface area contributed by atoms with Crippen molar-refractivity contribution in [2.24, 2.45) is 0 Å². The van der Waals surface area contributed by atoms with E-state index in [0.717, 1.165) is 13.2 Å². The summed E-state index contributed by atoms with van der Waals surface area (Å²) in [5, 5.41) is 0. The molecule has 16 heavy (non-hydrogen) atoms. The maximum Gasteiger partial charge on any atom is 0.202 e. The van der Waals surface area contributed by atoms with Crippen LogP contribution in [0.4, 0.5) is 0 Å². The first-order valence-corrected chi connectivity index (χ1v) is 8.02. The van der Waals surface area contributed by atoms with Crippen molar-refractivity contribution < 1.29 is 9.05 Å². The van der Waals surface area contributed by atoms with Crippen LogP contribution >= 0.6 is 16.9 Å². The van der Waals surface area contributed by atoms with Crippen LogP contribution in [0.2, 0.25) is 0 Å². The molecular weight excluding hydrogens is 242 g/mol. The van der Waals surface area contributed by atoms with Crippen LogP contribution in [0.3, 0.4) is 0 Å². The molecule has 0 aromatic carbocycles. The van der Waals surface area contributed by atoms with Crippen molar-refractivity contribution in [2.45, 2.75) is 52.6 Å². The van der Waals surface area contributed by atoms with Crippen molar-refractivity contribution in [3.63, 3.8) is 0 Å². The fourth-order valence-corrected chi connectivity index (χ4v) is 7.14. The summed E-state index contributed by atoms with van der Waals surface area (Å²) in [5.41, 5.74) is 0.257. The maximum atomic E-state index is 5.95. The lowest BCUT2D eigenvalue weighted by Crippen LogP contribution is -2.52. The summed E-state index contributed by atoms with van der Waals surface area (Å²) in [6.07, 6.45) is 0. The van der Waals surface area contributed by atoms with Gasteiger partial charge in [-0.05, 0) is 41.5 Å². The number of nitrogens with zero attached hydrogens (tertiary/aromatic N) is 2. The van der Waals surface area contributed by atoms with Gasteiger partial charge in [-0.2, -0.15) is 8.88 Å². The monoisotopic (exact) mass is 264 g/mol. The van der Waals surface area contributed by atoms with Crippen LogP contribution in [0.15, 0.2) is 0 Å². The number of rotatable bonds is 0. The van der Waals surface area contributed by atoms with Crippen LogP contribution in [0.1, 0.15) is 41.5 Å². The van der Waals surface area contributed by atoms with Crippen LogP contribution in [-0.4, -0.2) is 33.2 Å². The Hall–Kier alpha value is 0.700. The molecule has 0 saturated carbocycles. The minimum absolute atomic E-state index is 0.128. The molecule has 2 bridgehead atoms. The summed E-state index contributed by atoms with van der Waals surface area (Å²) in [6.45, 7) is 14.8. The third kappa shape index (κ3) is 2.16. The Morgan fingerprint density at radius 2 is 1.06 bits per heavy atom. The number of fused-ring (bicyclic) bond motifs is 3. The van der Waals surface area contributed by atoms with Gasteiger partial charge < -0.3 is 9.05 Å². The van der Waals surface area contributed by atoms with Gasteiger partial charge >= 0.3 is 0 Å². The van der Waals surface area contributed by atoms with E-state index in [4.69, 9.17) is 9.05 Å². The Kier molecular flexibility index (Phi) is 3.38. The van der Waals surface area contributed by atoms with E-state index in [1.54, 1.807) is 0 Å². The standard InChI is InChI=1S/C10H22N2O2P2/c1-9(2,3)11-15-12(10(4,5)6)16(11)14-8-7-13-15/h7-8H2,1-6H3. The predicted molar refractivity (Wildman–Crippen MR) is 68.9 cm³/mol. The molecular formula is C10H22N2O2P2. The van der Waals surface area contributed by atoms with Crippen molar-refractivity contribution in [1.29, 1.82) is 0 Å². The molecule has 3 fully saturated rings. The highest BCUT2D eigenvalue weighted by molar-refractivity contribution is 7.78. The van der Waals surface area contributed by atoms with Gasteiger partial charge in [-0.25, -0.2) is 0 Å². The molecule has 0 radical (unpaired) electrons. The van der Waals surface area contributed by atoms with E-state index in [1.807, 2.05) is 0 Å². The van der Waals surface area contributed by atoms with Gasteiger partial charge in [0.1, 0.15) is 0 Å². The molecule has 0 atom stereocenters. The Balaban J connectivity index is 2.23. The second-order valence-electron chi connectivity index (χ2n) is 6.09. The van der Waals surface area contributed by atoms with Gasteiger partial charge in [0.15, 0.2) is 0 Å². The van der Waals surface area contributed by atoms with Gasteiger partial charge in [-0.3, -0.25) is 0 Å². The SMILES string of the molecule is CC(C)(C)N1P2OCCOP1N2C(C)(C)C. The van der Waals surface area contributed by atoms with E-state index < -0.39 is 16.9 Å². The third-order valence-electron chi connectivity index (χ3n) is 2.35. The minimum Gasteiger partial charge on any atom is -0.328 e. The lowest BCUT2D eigenvalue weighted by molar-refractivity contribution is 0.215. The molecule has 0 aromatic heterocycles. The quantitative estimate of drug-likeness (QED) is 0.623. The highest BCUT2D eigenvalue weighted by atomic mass is 31.3. The maximum absolute atomic E-state index is 5.95. The zero-order valence-corrected chi connectivity index (χ0v) is 12.8. The van der Waals surface area contributed by atoms with Crippen molar-refractivity contribution in [1.82, 2.24) is 8.88 Å². The average molecular weight is 264 g/mol. The Bertz CT molecular complexity index is 239. The molecule has 0 N–H and O–H groups in total. The minimum atomic E-state index is -0.607. The highest BCUT2D eigenvalue weighted by Crippen LogP contribution is 2.82. The van der Waals surface area contributed by atoms with Crippen molar-refractivity contribution in [3.05, 3.63) is 0 Å². The first kappa shape index (κ1) is 13.1. The molecule has 3 saturated heterocycles. The second-order valence-corrected chi connectivity index (χ2v) is 9.85. The van der Waals surface area contributed by atoms with Crippen LogP contribution in [0.5, 0.6) is 0 Å². The molecule has 0 aromatic rings. The average Bonchev–Trinajstić information content (AvgIpc) is 2.28. The first-order chi connectivity index (χ1) is 7.23. The van der Waals surface area contributed by atoms with Crippen LogP contribution < -0.4 is 0 Å². The first-order valence-electron chi connectivity index (χ1n) is 5.69. The summed E-state index contributed by atoms with van der Waals surface area (Å²) in [7, 11) is -1.21. The largest absolute Gasteiger partial charge is 0.328 e. The smallest absolute Gasteiger partial charge is 0.202 e. The Morgan fingerprint density at radius 3 is 1.31 bits per heavy atom. The van der Waals surface area contributed by atoms with E-state index in [0.29, 0.717) is 0 Å². The van der Waals surface area contributed by atoms with Gasteiger partial charge in [0.25, 0.3) is 0 Å². The van der Waals surface area contributed by atoms with Crippen LogP contribution in [-0.2, 0) is 9.05 Å². The summed E-state index contributed by atoms with van der Waals surface area (Å²) < 4.78 is 16.8. The molecule has 3 heterocycles. The summed E-state index contributed by atoms with van der Waals surface area (Å²) in [4.78, 5) is 0. The molecule has 0 aliphatic carbocycles. The second kappa shape index (κ2) is 4.12. The lowest BCUT2D eigenvalue weighted by Gasteiger charge is -2.60. The van der Waals surface area contributed by atoms with E-state index >= 15 is 0 Å². The van der Waals surface area contributed by atoms with Crippen molar-refractivity contribution in [3.8, 4) is 0 Å². The summed E-state index contributed by atoms with van der Waals surface area (Å²) >= 11 is 0. The van der Waals surface area contributed by atoms with E-state index in [1.165, 1.54) is 0 Å². The molecule has 94 valence electrons. The van der Waals surface area contributed by atoms with Crippen LogP contribution in [0.25, 0.3) is 0 Å². The van der Waals surface area contributed by atoms with E-state index in [2.05, 4.69) is 50.4 Å². The van der Waals surface area contributed by atoms with Gasteiger partial charge in [-0.15, -0.1) is 0 Å². The topological polar surface area (TPSA) is 24.9 Å². The van der Waals surface area contributed by atoms with E-state index in [-0.39, 0.29) is 11.1 Å². The van der Waals surface area contributed by atoms with Gasteiger partial charge in [0, 0.05) is 11.1 Å². The molecule has 0 unspecified atom stereocenters. The molecule has 3 aliphatic heterocycles. The van der Waals surface area contributed by atoms with Crippen molar-refractivity contribution >= 4 is 16.9 Å². The zero-order valence-electron chi connectivity index (χ0n) is 11.0.